The average molecular weight is 344 g/mol. The molecule has 0 amide bonds. The first-order chi connectivity index (χ1) is 9.99. The van der Waals surface area contributed by atoms with Crippen LogP contribution in [0.25, 0.3) is 16.8 Å². The minimum absolute atomic E-state index is 0.000227. The topological polar surface area (TPSA) is 47.3 Å². The van der Waals surface area contributed by atoms with E-state index in [2.05, 4.69) is 26.0 Å². The maximum atomic E-state index is 11.6. The van der Waals surface area contributed by atoms with Gasteiger partial charge in [-0.1, -0.05) is 28.1 Å². The molecule has 21 heavy (non-hydrogen) atoms. The van der Waals surface area contributed by atoms with E-state index in [1.807, 2.05) is 38.1 Å². The minimum atomic E-state index is 0.000227. The largest absolute Gasteiger partial charge is 0.294 e. The molecule has 0 spiro atoms. The molecule has 4 nitrogen and oxygen atoms in total. The summed E-state index contributed by atoms with van der Waals surface area (Å²) in [6, 6.07) is 8.05. The van der Waals surface area contributed by atoms with Crippen LogP contribution in [0.4, 0.5) is 0 Å². The van der Waals surface area contributed by atoms with Gasteiger partial charge in [-0.3, -0.25) is 4.79 Å². The van der Waals surface area contributed by atoms with Crippen molar-refractivity contribution in [2.75, 3.05) is 0 Å². The number of carbonyl (C=O) groups excluding carboxylic acids is 1. The first-order valence-corrected chi connectivity index (χ1v) is 7.40. The first-order valence-electron chi connectivity index (χ1n) is 6.61. The smallest absolute Gasteiger partial charge is 0.163 e. The molecule has 0 saturated carbocycles. The van der Waals surface area contributed by atoms with Gasteiger partial charge in [0.2, 0.25) is 0 Å². The van der Waals surface area contributed by atoms with Crippen LogP contribution in [0, 0.1) is 13.8 Å². The zero-order valence-corrected chi connectivity index (χ0v) is 13.6. The molecule has 0 aliphatic carbocycles. The molecule has 3 aromatic rings. The van der Waals surface area contributed by atoms with Gasteiger partial charge in [-0.2, -0.15) is 5.10 Å². The second-order valence-electron chi connectivity index (χ2n) is 5.02. The van der Waals surface area contributed by atoms with Crippen LogP contribution in [0.1, 0.15) is 28.7 Å². The van der Waals surface area contributed by atoms with E-state index in [4.69, 9.17) is 0 Å². The number of ketones is 1. The van der Waals surface area contributed by atoms with Gasteiger partial charge in [-0.05, 0) is 38.5 Å². The Morgan fingerprint density at radius 1 is 1.19 bits per heavy atom. The van der Waals surface area contributed by atoms with Gasteiger partial charge in [0.25, 0.3) is 0 Å². The summed E-state index contributed by atoms with van der Waals surface area (Å²) in [5, 5.41) is 4.54. The summed E-state index contributed by atoms with van der Waals surface area (Å²) in [7, 11) is 0. The fraction of sp³-hybridized carbons (Fsp3) is 0.188. The van der Waals surface area contributed by atoms with Crippen LogP contribution in [0.2, 0.25) is 0 Å². The molecule has 2 aromatic heterocycles. The molecule has 0 unspecified atom stereocenters. The molecule has 0 N–H and O–H groups in total. The fourth-order valence-corrected chi connectivity index (χ4v) is 2.77. The zero-order valence-electron chi connectivity index (χ0n) is 12.0. The third kappa shape index (κ3) is 2.27. The molecule has 0 saturated heterocycles. The number of carbonyl (C=O) groups is 1. The van der Waals surface area contributed by atoms with Gasteiger partial charge in [0.15, 0.2) is 11.4 Å². The van der Waals surface area contributed by atoms with Gasteiger partial charge in [-0.15, -0.1) is 0 Å². The molecule has 5 heteroatoms. The number of hydrogen-bond acceptors (Lipinski definition) is 3. The van der Waals surface area contributed by atoms with E-state index in [-0.39, 0.29) is 5.78 Å². The third-order valence-corrected chi connectivity index (χ3v) is 4.10. The first kappa shape index (κ1) is 13.9. The lowest BCUT2D eigenvalue weighted by atomic mass is 10.1. The summed E-state index contributed by atoms with van der Waals surface area (Å²) in [4.78, 5) is 16.1. The Morgan fingerprint density at radius 3 is 2.48 bits per heavy atom. The van der Waals surface area contributed by atoms with Gasteiger partial charge in [-0.25, -0.2) is 9.50 Å². The molecule has 1 aromatic carbocycles. The quantitative estimate of drug-likeness (QED) is 0.661. The van der Waals surface area contributed by atoms with Crippen LogP contribution < -0.4 is 0 Å². The van der Waals surface area contributed by atoms with Crippen molar-refractivity contribution in [2.45, 2.75) is 20.8 Å². The number of fused-ring (bicyclic) bond motifs is 1. The van der Waals surface area contributed by atoms with Crippen LogP contribution >= 0.6 is 15.9 Å². The van der Waals surface area contributed by atoms with Crippen molar-refractivity contribution in [3.05, 3.63) is 51.9 Å². The zero-order chi connectivity index (χ0) is 15.1. The summed E-state index contributed by atoms with van der Waals surface area (Å²) in [5.74, 6) is 0.000227. The minimum Gasteiger partial charge on any atom is -0.294 e. The molecular weight excluding hydrogens is 330 g/mol. The van der Waals surface area contributed by atoms with Gasteiger partial charge >= 0.3 is 0 Å². The third-order valence-electron chi connectivity index (χ3n) is 3.57. The highest BCUT2D eigenvalue weighted by Crippen LogP contribution is 2.29. The van der Waals surface area contributed by atoms with E-state index >= 15 is 0 Å². The van der Waals surface area contributed by atoms with Crippen LogP contribution in [0.5, 0.6) is 0 Å². The Hall–Kier alpha value is -2.01. The molecule has 3 rings (SSSR count). The molecule has 0 aliphatic rings. The summed E-state index contributed by atoms with van der Waals surface area (Å²) >= 11 is 3.44. The Bertz CT molecular complexity index is 850. The normalized spacial score (nSPS) is 11.0. The number of nitrogens with zero attached hydrogens (tertiary/aromatic N) is 3. The van der Waals surface area contributed by atoms with Crippen molar-refractivity contribution in [2.24, 2.45) is 0 Å². The van der Waals surface area contributed by atoms with Crippen molar-refractivity contribution in [1.82, 2.24) is 14.6 Å². The van der Waals surface area contributed by atoms with Crippen molar-refractivity contribution in [3.8, 4) is 11.1 Å². The standard InChI is InChI=1S/C16H14BrN3O/c1-9-15(12-4-6-13(17)7-5-12)16-18-8-14(11(3)21)10(2)20(16)19-9/h4-8H,1-3H3. The number of Topliss-reactive ketones (excluding diaryl/α,β-unsaturated/α-hetero) is 1. The highest BCUT2D eigenvalue weighted by molar-refractivity contribution is 9.10. The highest BCUT2D eigenvalue weighted by atomic mass is 79.9. The summed E-state index contributed by atoms with van der Waals surface area (Å²) in [6.45, 7) is 5.39. The van der Waals surface area contributed by atoms with Gasteiger partial charge in [0, 0.05) is 16.2 Å². The molecule has 0 aliphatic heterocycles. The van der Waals surface area contributed by atoms with Crippen LogP contribution in [0.3, 0.4) is 0 Å². The Morgan fingerprint density at radius 2 is 1.86 bits per heavy atom. The molecule has 0 radical (unpaired) electrons. The Balaban J connectivity index is 2.30. The van der Waals surface area contributed by atoms with E-state index in [0.29, 0.717) is 5.56 Å². The number of benzene rings is 1. The average Bonchev–Trinajstić information content (AvgIpc) is 2.77. The second-order valence-corrected chi connectivity index (χ2v) is 5.93. The fourth-order valence-electron chi connectivity index (χ4n) is 2.50. The van der Waals surface area contributed by atoms with E-state index in [1.54, 1.807) is 17.6 Å². The van der Waals surface area contributed by atoms with E-state index in [0.717, 1.165) is 32.6 Å². The molecular formula is C16H14BrN3O. The predicted molar refractivity (Wildman–Crippen MR) is 85.6 cm³/mol. The molecule has 0 atom stereocenters. The van der Waals surface area contributed by atoms with Gasteiger partial charge in [0.05, 0.1) is 17.0 Å². The lowest BCUT2D eigenvalue weighted by Crippen LogP contribution is -2.05. The van der Waals surface area contributed by atoms with Crippen LogP contribution in [-0.2, 0) is 0 Å². The second kappa shape index (κ2) is 5.07. The number of halogens is 1. The van der Waals surface area contributed by atoms with Crippen molar-refractivity contribution < 1.29 is 4.79 Å². The number of aryl methyl sites for hydroxylation is 2. The lowest BCUT2D eigenvalue weighted by molar-refractivity contribution is 0.101. The van der Waals surface area contributed by atoms with Gasteiger partial charge < -0.3 is 0 Å². The molecule has 0 fully saturated rings. The lowest BCUT2D eigenvalue weighted by Gasteiger charge is -2.05. The van der Waals surface area contributed by atoms with Crippen molar-refractivity contribution in [3.63, 3.8) is 0 Å². The number of rotatable bonds is 2. The summed E-state index contributed by atoms with van der Waals surface area (Å²) in [5.41, 5.74) is 5.16. The number of hydrogen-bond donors (Lipinski definition) is 0. The van der Waals surface area contributed by atoms with Crippen molar-refractivity contribution >= 4 is 27.4 Å². The van der Waals surface area contributed by atoms with Crippen LogP contribution in [0.15, 0.2) is 34.9 Å². The van der Waals surface area contributed by atoms with E-state index in [1.165, 1.54) is 0 Å². The maximum Gasteiger partial charge on any atom is 0.163 e. The number of aromatic nitrogens is 3. The van der Waals surface area contributed by atoms with Crippen LogP contribution in [-0.4, -0.2) is 20.4 Å². The Labute approximate surface area is 131 Å². The van der Waals surface area contributed by atoms with Gasteiger partial charge in [0.1, 0.15) is 0 Å². The Kier molecular flexibility index (Phi) is 3.37. The van der Waals surface area contributed by atoms with Crippen molar-refractivity contribution in [1.29, 1.82) is 0 Å². The monoisotopic (exact) mass is 343 g/mol. The highest BCUT2D eigenvalue weighted by Gasteiger charge is 2.16. The molecule has 2 heterocycles. The van der Waals surface area contributed by atoms with E-state index in [9.17, 15) is 4.79 Å². The summed E-state index contributed by atoms with van der Waals surface area (Å²) in [6.07, 6.45) is 1.64. The maximum absolute atomic E-state index is 11.6. The predicted octanol–water partition coefficient (Wildman–Crippen LogP) is 3.98. The molecule has 0 bridgehead atoms. The molecule has 106 valence electrons. The SMILES string of the molecule is CC(=O)c1cnc2c(-c3ccc(Br)cc3)c(C)nn2c1C. The summed E-state index contributed by atoms with van der Waals surface area (Å²) < 4.78 is 2.78. The van der Waals surface area contributed by atoms with E-state index < -0.39 is 0 Å².